The van der Waals surface area contributed by atoms with Gasteiger partial charge in [-0.05, 0) is 25.7 Å². The molecule has 1 fully saturated rings. The summed E-state index contributed by atoms with van der Waals surface area (Å²) in [5.74, 6) is 3.50. The first kappa shape index (κ1) is 16.8. The van der Waals surface area contributed by atoms with Crippen LogP contribution < -0.4 is 15.4 Å². The van der Waals surface area contributed by atoms with E-state index in [0.29, 0.717) is 31.5 Å². The van der Waals surface area contributed by atoms with Gasteiger partial charge >= 0.3 is 0 Å². The normalized spacial score (nSPS) is 16.3. The van der Waals surface area contributed by atoms with Gasteiger partial charge in [-0.3, -0.25) is 4.99 Å². The van der Waals surface area contributed by atoms with E-state index in [1.165, 1.54) is 6.42 Å². The van der Waals surface area contributed by atoms with Crippen molar-refractivity contribution in [2.45, 2.75) is 26.2 Å². The first-order valence-electron chi connectivity index (χ1n) is 7.00. The van der Waals surface area contributed by atoms with Gasteiger partial charge in [-0.1, -0.05) is 12.3 Å². The molecule has 7 heteroatoms. The lowest BCUT2D eigenvalue weighted by Crippen LogP contribution is -2.38. The minimum absolute atomic E-state index is 0.00759. The van der Waals surface area contributed by atoms with Crippen LogP contribution in [0.4, 0.5) is 0 Å². The molecule has 0 aromatic carbocycles. The minimum atomic E-state index is -3.24. The molecule has 0 saturated heterocycles. The van der Waals surface area contributed by atoms with E-state index in [1.54, 1.807) is 0 Å². The zero-order valence-electron chi connectivity index (χ0n) is 12.0. The highest BCUT2D eigenvalue weighted by Gasteiger charge is 2.19. The molecule has 1 saturated carbocycles. The van der Waals surface area contributed by atoms with E-state index in [0.717, 1.165) is 12.8 Å². The Bertz CT molecular complexity index is 449. The molecule has 0 spiro atoms. The summed E-state index contributed by atoms with van der Waals surface area (Å²) in [6.07, 6.45) is 8.62. The number of aliphatic imine (C=N–C) groups is 1. The largest absolute Gasteiger partial charge is 0.357 e. The predicted molar refractivity (Wildman–Crippen MR) is 81.9 cm³/mol. The summed E-state index contributed by atoms with van der Waals surface area (Å²) < 4.78 is 26.2. The Hall–Kier alpha value is -1.26. The van der Waals surface area contributed by atoms with Crippen molar-refractivity contribution in [2.75, 3.05) is 31.9 Å². The van der Waals surface area contributed by atoms with Crippen molar-refractivity contribution < 1.29 is 8.42 Å². The Kier molecular flexibility index (Phi) is 7.41. The molecule has 0 amide bonds. The molecule has 1 rings (SSSR count). The van der Waals surface area contributed by atoms with Crippen LogP contribution in [-0.4, -0.2) is 46.3 Å². The molecule has 3 N–H and O–H groups in total. The molecule has 6 nitrogen and oxygen atoms in total. The van der Waals surface area contributed by atoms with Gasteiger partial charge in [0.15, 0.2) is 5.96 Å². The number of hydrogen-bond donors (Lipinski definition) is 3. The maximum Gasteiger partial charge on any atom is 0.213 e. The lowest BCUT2D eigenvalue weighted by Gasteiger charge is -2.25. The van der Waals surface area contributed by atoms with Crippen molar-refractivity contribution in [1.82, 2.24) is 15.4 Å². The minimum Gasteiger partial charge on any atom is -0.357 e. The number of nitrogens with zero attached hydrogens (tertiary/aromatic N) is 1. The van der Waals surface area contributed by atoms with E-state index >= 15 is 0 Å². The average Bonchev–Trinajstić information content (AvgIpc) is 2.33. The summed E-state index contributed by atoms with van der Waals surface area (Å²) in [5, 5.41) is 5.91. The first-order valence-corrected chi connectivity index (χ1v) is 8.65. The van der Waals surface area contributed by atoms with Crippen molar-refractivity contribution >= 4 is 16.0 Å². The van der Waals surface area contributed by atoms with Crippen LogP contribution >= 0.6 is 0 Å². The van der Waals surface area contributed by atoms with Gasteiger partial charge in [0.2, 0.25) is 10.0 Å². The van der Waals surface area contributed by atoms with Gasteiger partial charge in [0.1, 0.15) is 0 Å². The van der Waals surface area contributed by atoms with Crippen LogP contribution in [0.2, 0.25) is 0 Å². The summed E-state index contributed by atoms with van der Waals surface area (Å²) in [7, 11) is -3.24. The molecule has 1 aliphatic carbocycles. The molecule has 114 valence electrons. The van der Waals surface area contributed by atoms with Crippen molar-refractivity contribution in [1.29, 1.82) is 0 Å². The van der Waals surface area contributed by atoms with Crippen LogP contribution in [0.15, 0.2) is 4.99 Å². The summed E-state index contributed by atoms with van der Waals surface area (Å²) >= 11 is 0. The monoisotopic (exact) mass is 300 g/mol. The Morgan fingerprint density at radius 3 is 2.70 bits per heavy atom. The lowest BCUT2D eigenvalue weighted by atomic mass is 9.86. The number of guanidine groups is 1. The number of hydrogen-bond acceptors (Lipinski definition) is 3. The molecular formula is C13H24N4O2S. The van der Waals surface area contributed by atoms with E-state index < -0.39 is 10.0 Å². The molecule has 1 aliphatic rings. The van der Waals surface area contributed by atoms with Crippen molar-refractivity contribution in [3.8, 4) is 12.3 Å². The fourth-order valence-corrected chi connectivity index (χ4v) is 2.73. The molecular weight excluding hydrogens is 276 g/mol. The standard InChI is InChI=1S/C13H24N4O2S/c1-3-8-15-13(14-4-2)16-9-10-20(18,19)17-11-12-6-5-7-12/h1,12,17H,4-11H2,2H3,(H2,14,15,16). The smallest absolute Gasteiger partial charge is 0.213 e. The van der Waals surface area contributed by atoms with Gasteiger partial charge in [0, 0.05) is 13.1 Å². The number of sulfonamides is 1. The number of rotatable bonds is 8. The Morgan fingerprint density at radius 1 is 1.40 bits per heavy atom. The van der Waals surface area contributed by atoms with Gasteiger partial charge in [-0.2, -0.15) is 0 Å². The van der Waals surface area contributed by atoms with E-state index in [2.05, 4.69) is 26.3 Å². The molecule has 0 heterocycles. The molecule has 20 heavy (non-hydrogen) atoms. The van der Waals surface area contributed by atoms with Crippen LogP contribution in [0.3, 0.4) is 0 Å². The van der Waals surface area contributed by atoms with E-state index in [9.17, 15) is 8.42 Å². The Morgan fingerprint density at radius 2 is 2.15 bits per heavy atom. The quantitative estimate of drug-likeness (QED) is 0.332. The summed E-state index contributed by atoms with van der Waals surface area (Å²) in [5.41, 5.74) is 0. The third-order valence-corrected chi connectivity index (χ3v) is 4.48. The van der Waals surface area contributed by atoms with E-state index in [-0.39, 0.29) is 12.3 Å². The maximum atomic E-state index is 11.8. The molecule has 0 aliphatic heterocycles. The summed E-state index contributed by atoms with van der Waals surface area (Å²) in [6, 6.07) is 0. The molecule has 0 radical (unpaired) electrons. The number of nitrogens with one attached hydrogen (secondary N) is 3. The van der Waals surface area contributed by atoms with Gasteiger partial charge < -0.3 is 10.6 Å². The zero-order chi connectivity index (χ0) is 14.8. The molecule has 0 aromatic rings. The third-order valence-electron chi connectivity index (χ3n) is 3.15. The lowest BCUT2D eigenvalue weighted by molar-refractivity contribution is 0.316. The second-order valence-electron chi connectivity index (χ2n) is 4.78. The molecule has 0 atom stereocenters. The highest BCUT2D eigenvalue weighted by Crippen LogP contribution is 2.25. The van der Waals surface area contributed by atoms with Crippen molar-refractivity contribution in [3.05, 3.63) is 0 Å². The van der Waals surface area contributed by atoms with Crippen molar-refractivity contribution in [2.24, 2.45) is 10.9 Å². The van der Waals surface area contributed by atoms with Crippen molar-refractivity contribution in [3.63, 3.8) is 0 Å². The van der Waals surface area contributed by atoms with Crippen LogP contribution in [0, 0.1) is 18.3 Å². The second kappa shape index (κ2) is 8.82. The molecule has 0 bridgehead atoms. The molecule has 0 unspecified atom stereocenters. The van der Waals surface area contributed by atoms with Crippen LogP contribution in [-0.2, 0) is 10.0 Å². The van der Waals surface area contributed by atoms with E-state index in [1.807, 2.05) is 6.92 Å². The topological polar surface area (TPSA) is 82.6 Å². The highest BCUT2D eigenvalue weighted by molar-refractivity contribution is 7.89. The SMILES string of the molecule is C#CCNC(=NCCS(=O)(=O)NCC1CCC1)NCC. The van der Waals surface area contributed by atoms with Crippen LogP contribution in [0.1, 0.15) is 26.2 Å². The Labute approximate surface area is 121 Å². The van der Waals surface area contributed by atoms with Gasteiger partial charge in [0.25, 0.3) is 0 Å². The Balaban J connectivity index is 2.32. The maximum absolute atomic E-state index is 11.8. The molecule has 0 aromatic heterocycles. The summed E-state index contributed by atoms with van der Waals surface area (Å²) in [6.45, 7) is 3.76. The fraction of sp³-hybridized carbons (Fsp3) is 0.769. The predicted octanol–water partition coefficient (Wildman–Crippen LogP) is -0.106. The van der Waals surface area contributed by atoms with Crippen LogP contribution in [0.25, 0.3) is 0 Å². The first-order chi connectivity index (χ1) is 9.57. The third kappa shape index (κ3) is 6.78. The van der Waals surface area contributed by atoms with Gasteiger partial charge in [0.05, 0.1) is 18.8 Å². The van der Waals surface area contributed by atoms with E-state index in [4.69, 9.17) is 6.42 Å². The van der Waals surface area contributed by atoms with Gasteiger partial charge in [-0.15, -0.1) is 6.42 Å². The average molecular weight is 300 g/mol. The number of terminal acetylenes is 1. The highest BCUT2D eigenvalue weighted by atomic mass is 32.2. The van der Waals surface area contributed by atoms with Gasteiger partial charge in [-0.25, -0.2) is 13.1 Å². The fourth-order valence-electron chi connectivity index (χ4n) is 1.77. The second-order valence-corrected chi connectivity index (χ2v) is 6.71. The van der Waals surface area contributed by atoms with Crippen LogP contribution in [0.5, 0.6) is 0 Å². The zero-order valence-corrected chi connectivity index (χ0v) is 12.8. The summed E-state index contributed by atoms with van der Waals surface area (Å²) in [4.78, 5) is 4.18.